The SMILES string of the molecule is C=C1C(=O)C2(C)CC(c3ccccc3)C1(c1ccccc1)C2(C)C. The zero-order chi connectivity index (χ0) is 17.2. The van der Waals surface area contributed by atoms with Gasteiger partial charge in [0.25, 0.3) is 0 Å². The molecule has 4 rings (SSSR count). The monoisotopic (exact) mass is 316 g/mol. The van der Waals surface area contributed by atoms with Crippen LogP contribution in [-0.4, -0.2) is 5.78 Å². The molecule has 2 saturated carbocycles. The van der Waals surface area contributed by atoms with Gasteiger partial charge in [0.15, 0.2) is 5.78 Å². The van der Waals surface area contributed by atoms with Gasteiger partial charge in [0.1, 0.15) is 0 Å². The first-order valence-corrected chi connectivity index (χ1v) is 8.72. The molecule has 0 amide bonds. The van der Waals surface area contributed by atoms with E-state index in [1.165, 1.54) is 11.1 Å². The number of fused-ring (bicyclic) bond motifs is 2. The van der Waals surface area contributed by atoms with Gasteiger partial charge in [0, 0.05) is 16.4 Å². The van der Waals surface area contributed by atoms with E-state index < -0.39 is 0 Å². The summed E-state index contributed by atoms with van der Waals surface area (Å²) in [6.07, 6.45) is 0.886. The van der Waals surface area contributed by atoms with Gasteiger partial charge in [-0.2, -0.15) is 0 Å². The molecule has 0 radical (unpaired) electrons. The number of benzene rings is 2. The minimum absolute atomic E-state index is 0.171. The van der Waals surface area contributed by atoms with Crippen molar-refractivity contribution in [1.82, 2.24) is 0 Å². The first-order valence-electron chi connectivity index (χ1n) is 8.72. The Labute approximate surface area is 144 Å². The summed E-state index contributed by atoms with van der Waals surface area (Å²) in [5.74, 6) is 0.537. The first-order chi connectivity index (χ1) is 11.4. The summed E-state index contributed by atoms with van der Waals surface area (Å²) >= 11 is 0. The lowest BCUT2D eigenvalue weighted by molar-refractivity contribution is -0.125. The van der Waals surface area contributed by atoms with E-state index in [9.17, 15) is 4.79 Å². The number of carbonyl (C=O) groups is 1. The maximum absolute atomic E-state index is 13.2. The van der Waals surface area contributed by atoms with Gasteiger partial charge in [-0.05, 0) is 28.9 Å². The molecule has 0 heterocycles. The lowest BCUT2D eigenvalue weighted by atomic mass is 9.57. The lowest BCUT2D eigenvalue weighted by Crippen LogP contribution is -2.41. The largest absolute Gasteiger partial charge is 0.294 e. The molecule has 24 heavy (non-hydrogen) atoms. The smallest absolute Gasteiger partial charge is 0.165 e. The van der Waals surface area contributed by atoms with Crippen molar-refractivity contribution in [2.45, 2.75) is 38.5 Å². The van der Waals surface area contributed by atoms with Gasteiger partial charge in [-0.25, -0.2) is 0 Å². The van der Waals surface area contributed by atoms with E-state index in [1.54, 1.807) is 0 Å². The highest BCUT2D eigenvalue weighted by Crippen LogP contribution is 2.76. The van der Waals surface area contributed by atoms with Gasteiger partial charge in [-0.3, -0.25) is 4.79 Å². The van der Waals surface area contributed by atoms with Crippen LogP contribution in [0.5, 0.6) is 0 Å². The molecule has 2 aromatic carbocycles. The minimum atomic E-state index is -0.361. The minimum Gasteiger partial charge on any atom is -0.294 e. The van der Waals surface area contributed by atoms with Crippen LogP contribution in [0.3, 0.4) is 0 Å². The summed E-state index contributed by atoms with van der Waals surface area (Å²) in [5, 5.41) is 0. The van der Waals surface area contributed by atoms with E-state index in [2.05, 4.69) is 81.9 Å². The summed E-state index contributed by atoms with van der Waals surface area (Å²) < 4.78 is 0. The Kier molecular flexibility index (Phi) is 3.01. The van der Waals surface area contributed by atoms with E-state index in [0.717, 1.165) is 12.0 Å². The van der Waals surface area contributed by atoms with Crippen LogP contribution in [0, 0.1) is 10.8 Å². The second-order valence-electron chi connectivity index (χ2n) is 8.11. The normalized spacial score (nSPS) is 33.9. The molecule has 2 aliphatic carbocycles. The van der Waals surface area contributed by atoms with Gasteiger partial charge in [0.05, 0.1) is 0 Å². The predicted molar refractivity (Wildman–Crippen MR) is 98.0 cm³/mol. The van der Waals surface area contributed by atoms with E-state index in [4.69, 9.17) is 0 Å². The molecule has 3 unspecified atom stereocenters. The zero-order valence-corrected chi connectivity index (χ0v) is 14.7. The van der Waals surface area contributed by atoms with Crippen LogP contribution in [0.4, 0.5) is 0 Å². The summed E-state index contributed by atoms with van der Waals surface area (Å²) in [6, 6.07) is 21.2. The van der Waals surface area contributed by atoms with Crippen LogP contribution in [0.25, 0.3) is 0 Å². The number of hydrogen-bond donors (Lipinski definition) is 0. The molecule has 0 spiro atoms. The van der Waals surface area contributed by atoms with Gasteiger partial charge >= 0.3 is 0 Å². The van der Waals surface area contributed by atoms with Gasteiger partial charge < -0.3 is 0 Å². The average Bonchev–Trinajstić information content (AvgIpc) is 2.86. The molecule has 2 aliphatic rings. The molecular weight excluding hydrogens is 292 g/mol. The van der Waals surface area contributed by atoms with E-state index in [1.807, 2.05) is 6.07 Å². The maximum atomic E-state index is 13.2. The van der Waals surface area contributed by atoms with Crippen molar-refractivity contribution in [3.8, 4) is 0 Å². The van der Waals surface area contributed by atoms with E-state index in [-0.39, 0.29) is 27.9 Å². The van der Waals surface area contributed by atoms with Crippen molar-refractivity contribution >= 4 is 5.78 Å². The number of Topliss-reactive ketones (excluding diaryl/α,β-unsaturated/α-hetero) is 1. The summed E-state index contributed by atoms with van der Waals surface area (Å²) in [7, 11) is 0. The highest BCUT2D eigenvalue weighted by molar-refractivity contribution is 6.07. The molecule has 0 aliphatic heterocycles. The Bertz CT molecular complexity index is 818. The quantitative estimate of drug-likeness (QED) is 0.689. The Morgan fingerprint density at radius 1 is 0.917 bits per heavy atom. The molecule has 1 heteroatoms. The predicted octanol–water partition coefficient (Wildman–Crippen LogP) is 5.28. The molecular formula is C23H24O. The average molecular weight is 316 g/mol. The molecule has 2 bridgehead atoms. The highest BCUT2D eigenvalue weighted by Gasteiger charge is 2.76. The van der Waals surface area contributed by atoms with Crippen LogP contribution in [0.1, 0.15) is 44.2 Å². The van der Waals surface area contributed by atoms with Crippen LogP contribution < -0.4 is 0 Å². The lowest BCUT2D eigenvalue weighted by Gasteiger charge is -2.44. The Morgan fingerprint density at radius 3 is 2.00 bits per heavy atom. The van der Waals surface area contributed by atoms with E-state index >= 15 is 0 Å². The number of allylic oxidation sites excluding steroid dienone is 1. The third-order valence-electron chi connectivity index (χ3n) is 7.18. The summed E-state index contributed by atoms with van der Waals surface area (Å²) in [4.78, 5) is 13.2. The fraction of sp³-hybridized carbons (Fsp3) is 0.348. The van der Waals surface area contributed by atoms with Gasteiger partial charge in [-0.1, -0.05) is 88.0 Å². The van der Waals surface area contributed by atoms with Crippen LogP contribution in [0.2, 0.25) is 0 Å². The Morgan fingerprint density at radius 2 is 1.46 bits per heavy atom. The summed E-state index contributed by atoms with van der Waals surface area (Å²) in [6.45, 7) is 11.0. The second kappa shape index (κ2) is 4.69. The fourth-order valence-corrected chi connectivity index (χ4v) is 5.65. The third kappa shape index (κ3) is 1.49. The van der Waals surface area contributed by atoms with Crippen molar-refractivity contribution in [3.05, 3.63) is 83.9 Å². The maximum Gasteiger partial charge on any atom is 0.165 e. The van der Waals surface area contributed by atoms with Crippen molar-refractivity contribution in [3.63, 3.8) is 0 Å². The second-order valence-corrected chi connectivity index (χ2v) is 8.11. The molecule has 122 valence electrons. The molecule has 0 N–H and O–H groups in total. The number of hydrogen-bond acceptors (Lipinski definition) is 1. The van der Waals surface area contributed by atoms with Gasteiger partial charge in [0.2, 0.25) is 0 Å². The fourth-order valence-electron chi connectivity index (χ4n) is 5.65. The number of carbonyl (C=O) groups excluding carboxylic acids is 1. The number of ketones is 1. The van der Waals surface area contributed by atoms with E-state index in [0.29, 0.717) is 0 Å². The van der Waals surface area contributed by atoms with Crippen molar-refractivity contribution in [2.24, 2.45) is 10.8 Å². The molecule has 0 aromatic heterocycles. The third-order valence-corrected chi connectivity index (χ3v) is 7.18. The Hall–Kier alpha value is -2.15. The topological polar surface area (TPSA) is 17.1 Å². The highest BCUT2D eigenvalue weighted by atomic mass is 16.1. The molecule has 0 saturated heterocycles. The molecule has 1 nitrogen and oxygen atoms in total. The van der Waals surface area contributed by atoms with Crippen LogP contribution in [0.15, 0.2) is 72.8 Å². The number of rotatable bonds is 2. The molecule has 2 fully saturated rings. The van der Waals surface area contributed by atoms with Gasteiger partial charge in [-0.15, -0.1) is 0 Å². The Balaban J connectivity index is 2.05. The molecule has 3 atom stereocenters. The van der Waals surface area contributed by atoms with Crippen LogP contribution >= 0.6 is 0 Å². The summed E-state index contributed by atoms with van der Waals surface area (Å²) in [5.41, 5.74) is 2.47. The van der Waals surface area contributed by atoms with Crippen LogP contribution in [-0.2, 0) is 10.2 Å². The van der Waals surface area contributed by atoms with Crippen molar-refractivity contribution < 1.29 is 4.79 Å². The standard InChI is InChI=1S/C23H24O/c1-16-20(24)22(4)15-19(17-11-7-5-8-12-17)23(16,21(22,2)3)18-13-9-6-10-14-18/h5-14,19H,1,15H2,2-4H3. The first kappa shape index (κ1) is 15.4. The zero-order valence-electron chi connectivity index (χ0n) is 14.7. The van der Waals surface area contributed by atoms with Crippen molar-refractivity contribution in [1.29, 1.82) is 0 Å². The molecule has 2 aromatic rings. The van der Waals surface area contributed by atoms with Crippen molar-refractivity contribution in [2.75, 3.05) is 0 Å².